The van der Waals surface area contributed by atoms with Gasteiger partial charge in [0.2, 0.25) is 11.8 Å². The summed E-state index contributed by atoms with van der Waals surface area (Å²) in [7, 11) is 0. The summed E-state index contributed by atoms with van der Waals surface area (Å²) >= 11 is 0. The molecule has 5 nitrogen and oxygen atoms in total. The van der Waals surface area contributed by atoms with Gasteiger partial charge in [-0.15, -0.1) is 0 Å². The smallest absolute Gasteiger partial charge is 0.219 e. The lowest BCUT2D eigenvalue weighted by Crippen LogP contribution is -2.63. The number of piperidine rings is 1. The Morgan fingerprint density at radius 1 is 0.750 bits per heavy atom. The zero-order valence-electron chi connectivity index (χ0n) is 20.8. The maximum atomic E-state index is 12.6. The first-order chi connectivity index (χ1) is 15.4. The van der Waals surface area contributed by atoms with Crippen molar-refractivity contribution in [2.24, 2.45) is 17.8 Å². The van der Waals surface area contributed by atoms with E-state index in [0.29, 0.717) is 36.1 Å². The van der Waals surface area contributed by atoms with Crippen LogP contribution < -0.4 is 10.6 Å². The highest BCUT2D eigenvalue weighted by Gasteiger charge is 2.47. The lowest BCUT2D eigenvalue weighted by Gasteiger charge is -2.54. The van der Waals surface area contributed by atoms with Crippen molar-refractivity contribution in [3.05, 3.63) is 0 Å². The van der Waals surface area contributed by atoms with E-state index in [-0.39, 0.29) is 11.8 Å². The van der Waals surface area contributed by atoms with Crippen molar-refractivity contribution in [3.63, 3.8) is 0 Å². The lowest BCUT2D eigenvalue weighted by atomic mass is 9.64. The molecule has 0 aromatic carbocycles. The van der Waals surface area contributed by atoms with Crippen LogP contribution in [0.1, 0.15) is 111 Å². The van der Waals surface area contributed by atoms with Gasteiger partial charge in [-0.25, -0.2) is 0 Å². The van der Waals surface area contributed by atoms with Gasteiger partial charge in [0.05, 0.1) is 0 Å². The van der Waals surface area contributed by atoms with Gasteiger partial charge in [-0.3, -0.25) is 9.59 Å². The maximum absolute atomic E-state index is 12.6. The monoisotopic (exact) mass is 445 g/mol. The minimum absolute atomic E-state index is 0.116. The Bertz CT molecular complexity index is 645. The fourth-order valence-corrected chi connectivity index (χ4v) is 7.97. The molecule has 4 aliphatic rings. The molecule has 1 aliphatic heterocycles. The SMILES string of the molecule is CC(=O)NC1CCCC(C2CCC3C(C2)[C@H](NC2CCCCCC2)C[C@H](C)N3C(C)=O)C1. The first-order valence-corrected chi connectivity index (χ1v) is 13.7. The largest absolute Gasteiger partial charge is 0.354 e. The summed E-state index contributed by atoms with van der Waals surface area (Å²) in [6, 6.07) is 2.33. The number of carbonyl (C=O) groups excluding carboxylic acids is 2. The molecule has 1 saturated heterocycles. The molecule has 0 spiro atoms. The van der Waals surface area contributed by atoms with Gasteiger partial charge < -0.3 is 15.5 Å². The molecule has 1 heterocycles. The topological polar surface area (TPSA) is 61.4 Å². The van der Waals surface area contributed by atoms with Crippen molar-refractivity contribution >= 4 is 11.8 Å². The highest BCUT2D eigenvalue weighted by atomic mass is 16.2. The van der Waals surface area contributed by atoms with Gasteiger partial charge in [-0.05, 0) is 76.0 Å². The van der Waals surface area contributed by atoms with Crippen molar-refractivity contribution in [1.29, 1.82) is 0 Å². The zero-order chi connectivity index (χ0) is 22.7. The molecule has 0 radical (unpaired) electrons. The van der Waals surface area contributed by atoms with E-state index in [9.17, 15) is 9.59 Å². The van der Waals surface area contributed by atoms with Crippen molar-refractivity contribution in [2.45, 2.75) is 141 Å². The van der Waals surface area contributed by atoms with E-state index < -0.39 is 0 Å². The van der Waals surface area contributed by atoms with Crippen molar-refractivity contribution < 1.29 is 9.59 Å². The second-order valence-corrected chi connectivity index (χ2v) is 11.6. The molecule has 3 aliphatic carbocycles. The summed E-state index contributed by atoms with van der Waals surface area (Å²) in [6.07, 6.45) is 17.7. The minimum Gasteiger partial charge on any atom is -0.354 e. The van der Waals surface area contributed by atoms with Gasteiger partial charge in [0.25, 0.3) is 0 Å². The predicted octanol–water partition coefficient (Wildman–Crippen LogP) is 4.79. The molecule has 0 bridgehead atoms. The number of amides is 2. The third-order valence-electron chi connectivity index (χ3n) is 9.30. The predicted molar refractivity (Wildman–Crippen MR) is 129 cm³/mol. The van der Waals surface area contributed by atoms with Crippen molar-refractivity contribution in [1.82, 2.24) is 15.5 Å². The van der Waals surface area contributed by atoms with E-state index in [2.05, 4.69) is 22.5 Å². The molecule has 4 rings (SSSR count). The highest BCUT2D eigenvalue weighted by Crippen LogP contribution is 2.46. The summed E-state index contributed by atoms with van der Waals surface area (Å²) in [5, 5.41) is 7.35. The second-order valence-electron chi connectivity index (χ2n) is 11.6. The van der Waals surface area contributed by atoms with Crippen LogP contribution in [-0.2, 0) is 9.59 Å². The second kappa shape index (κ2) is 10.9. The molecule has 2 amide bonds. The van der Waals surface area contributed by atoms with Gasteiger partial charge in [0, 0.05) is 44.1 Å². The first kappa shape index (κ1) is 24.0. The Hall–Kier alpha value is -1.10. The summed E-state index contributed by atoms with van der Waals surface area (Å²) in [4.78, 5) is 26.5. The number of rotatable bonds is 4. The number of nitrogens with zero attached hydrogens (tertiary/aromatic N) is 1. The van der Waals surface area contributed by atoms with Crippen LogP contribution in [0.2, 0.25) is 0 Å². The van der Waals surface area contributed by atoms with Crippen LogP contribution in [0, 0.1) is 17.8 Å². The molecular weight excluding hydrogens is 398 g/mol. The lowest BCUT2D eigenvalue weighted by molar-refractivity contribution is -0.141. The average Bonchev–Trinajstić information content (AvgIpc) is 3.01. The molecule has 0 aromatic heterocycles. The molecule has 3 saturated carbocycles. The van der Waals surface area contributed by atoms with Gasteiger partial charge in [0.15, 0.2) is 0 Å². The van der Waals surface area contributed by atoms with Crippen LogP contribution in [0.4, 0.5) is 0 Å². The summed E-state index contributed by atoms with van der Waals surface area (Å²) < 4.78 is 0. The summed E-state index contributed by atoms with van der Waals surface area (Å²) in [6.45, 7) is 5.70. The minimum atomic E-state index is 0.116. The van der Waals surface area contributed by atoms with Crippen LogP contribution in [0.3, 0.4) is 0 Å². The first-order valence-electron chi connectivity index (χ1n) is 13.7. The van der Waals surface area contributed by atoms with Crippen LogP contribution in [-0.4, -0.2) is 46.9 Å². The fourth-order valence-electron chi connectivity index (χ4n) is 7.97. The van der Waals surface area contributed by atoms with Crippen LogP contribution in [0.15, 0.2) is 0 Å². The van der Waals surface area contributed by atoms with Crippen LogP contribution in [0.5, 0.6) is 0 Å². The van der Waals surface area contributed by atoms with Crippen molar-refractivity contribution in [3.8, 4) is 0 Å². The van der Waals surface area contributed by atoms with E-state index in [1.165, 1.54) is 64.2 Å². The highest BCUT2D eigenvalue weighted by molar-refractivity contribution is 5.74. The number of likely N-dealkylation sites (tertiary alicyclic amines) is 1. The molecule has 182 valence electrons. The van der Waals surface area contributed by atoms with Crippen LogP contribution >= 0.6 is 0 Å². The number of hydrogen-bond acceptors (Lipinski definition) is 3. The normalized spacial score (nSPS) is 39.1. The van der Waals surface area contributed by atoms with Crippen molar-refractivity contribution in [2.75, 3.05) is 0 Å². The summed E-state index contributed by atoms with van der Waals surface area (Å²) in [5.41, 5.74) is 0. The number of nitrogens with one attached hydrogen (secondary N) is 2. The van der Waals surface area contributed by atoms with E-state index in [0.717, 1.165) is 37.5 Å². The fraction of sp³-hybridized carbons (Fsp3) is 0.926. The molecule has 2 N–H and O–H groups in total. The number of carbonyl (C=O) groups is 2. The Morgan fingerprint density at radius 2 is 1.44 bits per heavy atom. The average molecular weight is 446 g/mol. The van der Waals surface area contributed by atoms with Gasteiger partial charge >= 0.3 is 0 Å². The Labute approximate surface area is 195 Å². The summed E-state index contributed by atoms with van der Waals surface area (Å²) in [5.74, 6) is 2.43. The van der Waals surface area contributed by atoms with Gasteiger partial charge in [0.1, 0.15) is 0 Å². The molecule has 5 unspecified atom stereocenters. The van der Waals surface area contributed by atoms with E-state index in [4.69, 9.17) is 0 Å². The Kier molecular flexibility index (Phi) is 8.18. The number of hydrogen-bond donors (Lipinski definition) is 2. The quantitative estimate of drug-likeness (QED) is 0.612. The Balaban J connectivity index is 1.46. The Morgan fingerprint density at radius 3 is 2.12 bits per heavy atom. The third-order valence-corrected chi connectivity index (χ3v) is 9.30. The van der Waals surface area contributed by atoms with Crippen LogP contribution in [0.25, 0.3) is 0 Å². The third kappa shape index (κ3) is 5.69. The molecule has 4 fully saturated rings. The van der Waals surface area contributed by atoms with Gasteiger partial charge in [-0.1, -0.05) is 38.5 Å². The molecule has 7 atom stereocenters. The van der Waals surface area contributed by atoms with E-state index in [1.807, 2.05) is 0 Å². The maximum Gasteiger partial charge on any atom is 0.219 e. The van der Waals surface area contributed by atoms with E-state index in [1.54, 1.807) is 13.8 Å². The molecule has 5 heteroatoms. The van der Waals surface area contributed by atoms with E-state index >= 15 is 0 Å². The number of fused-ring (bicyclic) bond motifs is 1. The standard InChI is InChI=1S/C27H47N3O2/c1-18-15-26(29-23-10-6-4-5-7-11-23)25-17-22(13-14-27(25)30(18)20(3)32)21-9-8-12-24(16-21)28-19(2)31/h18,21-27,29H,4-17H2,1-3H3,(H,28,31)/t18-,21?,22?,24?,25?,26+,27?/m0/s1. The molecule has 32 heavy (non-hydrogen) atoms. The van der Waals surface area contributed by atoms with Gasteiger partial charge in [-0.2, -0.15) is 0 Å². The molecular formula is C27H47N3O2. The zero-order valence-corrected chi connectivity index (χ0v) is 20.8. The molecule has 0 aromatic rings.